The number of rotatable bonds is 6. The van der Waals surface area contributed by atoms with Crippen molar-refractivity contribution in [3.05, 3.63) is 59.2 Å². The molecule has 2 N–H and O–H groups in total. The number of hydrogen-bond acceptors (Lipinski definition) is 6. The minimum Gasteiger partial charge on any atom is -0.351 e. The molecule has 7 rings (SSSR count). The molecular formula is C28H27F5N6O2. The maximum Gasteiger partial charge on any atom is 0.522 e. The molecule has 0 aromatic carbocycles. The summed E-state index contributed by atoms with van der Waals surface area (Å²) in [5, 5.41) is 10.2. The maximum atomic E-state index is 13.2. The maximum absolute atomic E-state index is 13.2. The minimum absolute atomic E-state index is 0.0326. The van der Waals surface area contributed by atoms with Crippen molar-refractivity contribution in [1.29, 1.82) is 0 Å². The van der Waals surface area contributed by atoms with Crippen LogP contribution in [0.5, 0.6) is 0 Å². The molecule has 3 aromatic heterocycles. The van der Waals surface area contributed by atoms with E-state index in [0.29, 0.717) is 48.6 Å². The van der Waals surface area contributed by atoms with Gasteiger partial charge in [-0.3, -0.25) is 9.53 Å². The van der Waals surface area contributed by atoms with Gasteiger partial charge < -0.3 is 10.6 Å². The molecule has 41 heavy (non-hydrogen) atoms. The molecule has 3 heterocycles. The number of pyridine rings is 1. The van der Waals surface area contributed by atoms with Crippen LogP contribution in [-0.2, 0) is 4.74 Å². The number of hydrogen-bond donors (Lipinski definition) is 2. The van der Waals surface area contributed by atoms with Crippen LogP contribution in [0.2, 0.25) is 0 Å². The van der Waals surface area contributed by atoms with Crippen LogP contribution in [0.1, 0.15) is 78.0 Å². The average Bonchev–Trinajstić information content (AvgIpc) is 3.57. The smallest absolute Gasteiger partial charge is 0.351 e. The Morgan fingerprint density at radius 3 is 2.61 bits per heavy atom. The van der Waals surface area contributed by atoms with Gasteiger partial charge >= 0.3 is 6.36 Å². The van der Waals surface area contributed by atoms with Crippen molar-refractivity contribution in [3.63, 3.8) is 0 Å². The van der Waals surface area contributed by atoms with Crippen LogP contribution in [-0.4, -0.2) is 56.0 Å². The molecule has 0 bridgehead atoms. The van der Waals surface area contributed by atoms with Crippen molar-refractivity contribution in [2.75, 3.05) is 5.32 Å². The number of allylic oxidation sites excluding steroid dienone is 1. The molecule has 3 saturated carbocycles. The average molecular weight is 575 g/mol. The molecule has 0 aliphatic heterocycles. The van der Waals surface area contributed by atoms with Gasteiger partial charge in [0.05, 0.1) is 29.1 Å². The van der Waals surface area contributed by atoms with Crippen molar-refractivity contribution < 1.29 is 31.5 Å². The molecule has 13 heteroatoms. The molecule has 3 aromatic rings. The van der Waals surface area contributed by atoms with Gasteiger partial charge in [-0.25, -0.2) is 23.3 Å². The van der Waals surface area contributed by atoms with Crippen LogP contribution in [0.15, 0.2) is 36.8 Å². The summed E-state index contributed by atoms with van der Waals surface area (Å²) in [6.45, 7) is 0. The van der Waals surface area contributed by atoms with E-state index in [2.05, 4.69) is 31.5 Å². The molecular weight excluding hydrogens is 547 g/mol. The van der Waals surface area contributed by atoms with Crippen molar-refractivity contribution in [3.8, 4) is 0 Å². The fourth-order valence-electron chi connectivity index (χ4n) is 6.27. The Morgan fingerprint density at radius 2 is 1.88 bits per heavy atom. The Bertz CT molecular complexity index is 1540. The lowest BCUT2D eigenvalue weighted by Gasteiger charge is -2.35. The van der Waals surface area contributed by atoms with Crippen molar-refractivity contribution >= 4 is 22.9 Å². The zero-order chi connectivity index (χ0) is 28.5. The van der Waals surface area contributed by atoms with Crippen molar-refractivity contribution in [1.82, 2.24) is 24.9 Å². The van der Waals surface area contributed by atoms with Crippen LogP contribution < -0.4 is 10.6 Å². The summed E-state index contributed by atoms with van der Waals surface area (Å²) in [6.07, 6.45) is 3.65. The minimum atomic E-state index is -4.62. The molecule has 4 aliphatic carbocycles. The van der Waals surface area contributed by atoms with E-state index < -0.39 is 30.3 Å². The molecule has 1 unspecified atom stereocenters. The number of ether oxygens (including phenoxy) is 1. The van der Waals surface area contributed by atoms with Gasteiger partial charge in [-0.2, -0.15) is 5.10 Å². The SMILES string of the molecule is O=C(NC1CC(F)(F)C1)c1cnn2ccc(C3=C[C@@H]4CC4c4nc(NC5CCC(OC(F)(F)F)CC5)ncc43)cc12. The molecule has 216 valence electrons. The van der Waals surface area contributed by atoms with Gasteiger partial charge in [0, 0.05) is 48.8 Å². The molecule has 0 saturated heterocycles. The van der Waals surface area contributed by atoms with E-state index in [4.69, 9.17) is 4.98 Å². The van der Waals surface area contributed by atoms with E-state index in [1.165, 1.54) is 6.20 Å². The van der Waals surface area contributed by atoms with Crippen LogP contribution in [0, 0.1) is 5.92 Å². The van der Waals surface area contributed by atoms with E-state index in [9.17, 15) is 26.7 Å². The number of carbonyl (C=O) groups excluding carboxylic acids is 1. The number of halogens is 5. The summed E-state index contributed by atoms with van der Waals surface area (Å²) in [7, 11) is 0. The second-order valence-electron chi connectivity index (χ2n) is 11.5. The first-order chi connectivity index (χ1) is 19.5. The van der Waals surface area contributed by atoms with Gasteiger partial charge in [0.2, 0.25) is 5.95 Å². The number of nitrogens with zero attached hydrogens (tertiary/aromatic N) is 4. The zero-order valence-corrected chi connectivity index (χ0v) is 21.8. The summed E-state index contributed by atoms with van der Waals surface area (Å²) < 4.78 is 69.8. The Balaban J connectivity index is 1.08. The number of carbonyl (C=O) groups is 1. The van der Waals surface area contributed by atoms with Gasteiger partial charge in [-0.15, -0.1) is 13.2 Å². The van der Waals surface area contributed by atoms with Crippen molar-refractivity contribution in [2.24, 2.45) is 5.92 Å². The third kappa shape index (κ3) is 5.27. The summed E-state index contributed by atoms with van der Waals surface area (Å²) >= 11 is 0. The lowest BCUT2D eigenvalue weighted by atomic mass is 9.88. The number of alkyl halides is 5. The number of amides is 1. The first-order valence-corrected chi connectivity index (χ1v) is 13.8. The molecule has 3 fully saturated rings. The summed E-state index contributed by atoms with van der Waals surface area (Å²) in [5.74, 6) is -2.08. The van der Waals surface area contributed by atoms with Gasteiger partial charge in [0.15, 0.2) is 0 Å². The first-order valence-electron chi connectivity index (χ1n) is 13.8. The quantitative estimate of drug-likeness (QED) is 0.380. The van der Waals surface area contributed by atoms with Crippen LogP contribution >= 0.6 is 0 Å². The van der Waals surface area contributed by atoms with E-state index in [-0.39, 0.29) is 24.8 Å². The highest BCUT2D eigenvalue weighted by atomic mass is 19.4. The van der Waals surface area contributed by atoms with Crippen LogP contribution in [0.25, 0.3) is 11.1 Å². The summed E-state index contributed by atoms with van der Waals surface area (Å²) in [6, 6.07) is 3.18. The Hall–Kier alpha value is -3.61. The summed E-state index contributed by atoms with van der Waals surface area (Å²) in [5.41, 5.74) is 4.51. The molecule has 1 amide bonds. The second kappa shape index (κ2) is 9.47. The molecule has 8 nitrogen and oxygen atoms in total. The third-order valence-electron chi connectivity index (χ3n) is 8.49. The summed E-state index contributed by atoms with van der Waals surface area (Å²) in [4.78, 5) is 22.2. The molecule has 4 aliphatic rings. The molecule has 2 atom stereocenters. The highest BCUT2D eigenvalue weighted by Gasteiger charge is 2.46. The highest BCUT2D eigenvalue weighted by Crippen LogP contribution is 2.55. The Morgan fingerprint density at radius 1 is 1.10 bits per heavy atom. The number of aromatic nitrogens is 4. The van der Waals surface area contributed by atoms with Gasteiger partial charge in [0.25, 0.3) is 11.8 Å². The second-order valence-corrected chi connectivity index (χ2v) is 11.5. The Kier molecular flexibility index (Phi) is 6.07. The predicted molar refractivity (Wildman–Crippen MR) is 137 cm³/mol. The third-order valence-corrected chi connectivity index (χ3v) is 8.49. The zero-order valence-electron chi connectivity index (χ0n) is 21.8. The lowest BCUT2D eigenvalue weighted by Crippen LogP contribution is -2.50. The van der Waals surface area contributed by atoms with Gasteiger partial charge in [-0.05, 0) is 61.3 Å². The van der Waals surface area contributed by atoms with E-state index in [1.54, 1.807) is 16.9 Å². The van der Waals surface area contributed by atoms with E-state index >= 15 is 0 Å². The standard InChI is InChI=1S/C28H27F5N6O2/c29-27(30)10-17(11-27)36-25(40)22-13-35-39-6-5-14(9-23(22)39)19-7-15-8-20(15)24-21(19)12-34-26(38-24)37-16-1-3-18(4-2-16)41-28(31,32)33/h5-7,9,12-13,15-18,20H,1-4,8,10-11H2,(H,36,40)(H,34,37,38)/t15-,16?,18?,20?/m1/s1. The van der Waals surface area contributed by atoms with Gasteiger partial charge in [-0.1, -0.05) is 6.08 Å². The monoisotopic (exact) mass is 574 g/mol. The van der Waals surface area contributed by atoms with E-state index in [1.807, 2.05) is 12.1 Å². The number of nitrogens with one attached hydrogen (secondary N) is 2. The normalized spacial score (nSPS) is 26.9. The molecule has 0 spiro atoms. The first kappa shape index (κ1) is 26.3. The van der Waals surface area contributed by atoms with Crippen LogP contribution in [0.4, 0.5) is 27.9 Å². The van der Waals surface area contributed by atoms with Crippen LogP contribution in [0.3, 0.4) is 0 Å². The van der Waals surface area contributed by atoms with E-state index in [0.717, 1.165) is 28.8 Å². The number of anilines is 1. The highest BCUT2D eigenvalue weighted by molar-refractivity contribution is 6.01. The van der Waals surface area contributed by atoms with Gasteiger partial charge in [0.1, 0.15) is 0 Å². The predicted octanol–water partition coefficient (Wildman–Crippen LogP) is 5.46. The topological polar surface area (TPSA) is 93.4 Å². The fraction of sp³-hybridized carbons (Fsp3) is 0.500. The Labute approximate surface area is 231 Å². The fourth-order valence-corrected chi connectivity index (χ4v) is 6.27. The van der Waals surface area contributed by atoms with Crippen molar-refractivity contribution in [2.45, 2.75) is 81.3 Å². The lowest BCUT2D eigenvalue weighted by molar-refractivity contribution is -0.345. The largest absolute Gasteiger partial charge is 0.522 e. The number of fused-ring (bicyclic) bond motifs is 4. The molecule has 0 radical (unpaired) electrons.